The average Bonchev–Trinajstić information content (AvgIpc) is 2.98. The summed E-state index contributed by atoms with van der Waals surface area (Å²) in [6.07, 6.45) is 5.10. The van der Waals surface area contributed by atoms with Gasteiger partial charge in [0.15, 0.2) is 5.82 Å². The Morgan fingerprint density at radius 2 is 2.11 bits per heavy atom. The smallest absolute Gasteiger partial charge is 0.205 e. The Balaban J connectivity index is 1.84. The summed E-state index contributed by atoms with van der Waals surface area (Å²) in [6.45, 7) is 3.39. The first kappa shape index (κ1) is 12.6. The van der Waals surface area contributed by atoms with Crippen LogP contribution in [0.2, 0.25) is 0 Å². The maximum absolute atomic E-state index is 4.74. The molecule has 0 amide bonds. The molecule has 3 nitrogen and oxygen atoms in total. The van der Waals surface area contributed by atoms with Gasteiger partial charge in [-0.05, 0) is 25.7 Å². The fraction of sp³-hybridized carbons (Fsp3) is 0.467. The van der Waals surface area contributed by atoms with Gasteiger partial charge in [0, 0.05) is 29.7 Å². The molecule has 0 radical (unpaired) electrons. The number of hydrogen-bond donors (Lipinski definition) is 0. The van der Waals surface area contributed by atoms with Crippen molar-refractivity contribution in [1.82, 2.24) is 9.36 Å². The molecular formula is C15H19N3S. The normalized spacial score (nSPS) is 19.6. The van der Waals surface area contributed by atoms with Gasteiger partial charge >= 0.3 is 0 Å². The van der Waals surface area contributed by atoms with Crippen molar-refractivity contribution in [3.63, 3.8) is 0 Å². The molecule has 1 aromatic heterocycles. The van der Waals surface area contributed by atoms with Crippen LogP contribution in [0.4, 0.5) is 5.13 Å². The number of hydrogen-bond acceptors (Lipinski definition) is 4. The summed E-state index contributed by atoms with van der Waals surface area (Å²) in [4.78, 5) is 7.19. The zero-order chi connectivity index (χ0) is 13.1. The highest BCUT2D eigenvalue weighted by atomic mass is 32.1. The highest BCUT2D eigenvalue weighted by molar-refractivity contribution is 7.09. The van der Waals surface area contributed by atoms with Crippen molar-refractivity contribution in [2.75, 3.05) is 11.4 Å². The van der Waals surface area contributed by atoms with E-state index < -0.39 is 0 Å². The molecule has 0 bridgehead atoms. The standard InChI is InChI=1S/C15H19N3S/c1-2-13-10-6-7-11-18(13)15-16-14(17-19-15)12-8-4-3-5-9-12/h3-5,8-9,13H,2,6-7,10-11H2,1H3. The molecule has 1 aromatic carbocycles. The van der Waals surface area contributed by atoms with Crippen molar-refractivity contribution in [2.24, 2.45) is 0 Å². The van der Waals surface area contributed by atoms with Crippen LogP contribution in [0, 0.1) is 0 Å². The van der Waals surface area contributed by atoms with E-state index in [9.17, 15) is 0 Å². The predicted octanol–water partition coefficient (Wildman–Crippen LogP) is 3.97. The van der Waals surface area contributed by atoms with E-state index >= 15 is 0 Å². The molecule has 2 heterocycles. The lowest BCUT2D eigenvalue weighted by Crippen LogP contribution is -2.39. The summed E-state index contributed by atoms with van der Waals surface area (Å²) in [5, 5.41) is 1.09. The number of benzene rings is 1. The predicted molar refractivity (Wildman–Crippen MR) is 80.6 cm³/mol. The van der Waals surface area contributed by atoms with Gasteiger partial charge < -0.3 is 4.90 Å². The van der Waals surface area contributed by atoms with E-state index in [1.807, 2.05) is 18.2 Å². The van der Waals surface area contributed by atoms with E-state index in [0.29, 0.717) is 6.04 Å². The van der Waals surface area contributed by atoms with Crippen LogP contribution in [-0.4, -0.2) is 21.9 Å². The van der Waals surface area contributed by atoms with Crippen LogP contribution in [0.5, 0.6) is 0 Å². The second-order valence-electron chi connectivity index (χ2n) is 5.02. The molecular weight excluding hydrogens is 254 g/mol. The first-order valence-corrected chi connectivity index (χ1v) is 7.81. The molecule has 1 unspecified atom stereocenters. The van der Waals surface area contributed by atoms with Gasteiger partial charge in [0.05, 0.1) is 0 Å². The molecule has 0 aliphatic carbocycles. The second kappa shape index (κ2) is 5.70. The molecule has 1 atom stereocenters. The topological polar surface area (TPSA) is 29.0 Å². The highest BCUT2D eigenvalue weighted by Gasteiger charge is 2.24. The number of anilines is 1. The summed E-state index contributed by atoms with van der Waals surface area (Å²) in [7, 11) is 0. The number of aromatic nitrogens is 2. The zero-order valence-electron chi connectivity index (χ0n) is 11.2. The maximum atomic E-state index is 4.74. The SMILES string of the molecule is CCC1CCCCN1c1nc(-c2ccccc2)ns1. The van der Waals surface area contributed by atoms with Crippen LogP contribution in [0.25, 0.3) is 11.4 Å². The minimum absolute atomic E-state index is 0.644. The monoisotopic (exact) mass is 273 g/mol. The van der Waals surface area contributed by atoms with Gasteiger partial charge in [0.2, 0.25) is 5.13 Å². The first-order valence-electron chi connectivity index (χ1n) is 7.04. The minimum Gasteiger partial charge on any atom is -0.344 e. The molecule has 3 rings (SSSR count). The summed E-state index contributed by atoms with van der Waals surface area (Å²) < 4.78 is 4.52. The van der Waals surface area contributed by atoms with E-state index in [0.717, 1.165) is 23.1 Å². The summed E-state index contributed by atoms with van der Waals surface area (Å²) >= 11 is 1.53. The van der Waals surface area contributed by atoms with Crippen molar-refractivity contribution in [1.29, 1.82) is 0 Å². The molecule has 0 saturated carbocycles. The molecule has 4 heteroatoms. The Morgan fingerprint density at radius 3 is 2.89 bits per heavy atom. The van der Waals surface area contributed by atoms with Crippen molar-refractivity contribution in [3.8, 4) is 11.4 Å². The Labute approximate surface area is 118 Å². The Hall–Kier alpha value is -1.42. The largest absolute Gasteiger partial charge is 0.344 e. The molecule has 2 aromatic rings. The zero-order valence-corrected chi connectivity index (χ0v) is 12.1. The van der Waals surface area contributed by atoms with Gasteiger partial charge in [-0.25, -0.2) is 0 Å². The molecule has 0 N–H and O–H groups in total. The molecule has 0 spiro atoms. The van der Waals surface area contributed by atoms with Crippen LogP contribution in [0.15, 0.2) is 30.3 Å². The van der Waals surface area contributed by atoms with Crippen molar-refractivity contribution in [3.05, 3.63) is 30.3 Å². The fourth-order valence-electron chi connectivity index (χ4n) is 2.71. The van der Waals surface area contributed by atoms with Crippen LogP contribution in [0.1, 0.15) is 32.6 Å². The lowest BCUT2D eigenvalue weighted by molar-refractivity contribution is 0.449. The fourth-order valence-corrected chi connectivity index (χ4v) is 3.50. The minimum atomic E-state index is 0.644. The van der Waals surface area contributed by atoms with Crippen molar-refractivity contribution in [2.45, 2.75) is 38.6 Å². The first-order chi connectivity index (χ1) is 9.38. The van der Waals surface area contributed by atoms with E-state index in [-0.39, 0.29) is 0 Å². The Bertz CT molecular complexity index is 523. The van der Waals surface area contributed by atoms with Crippen molar-refractivity contribution < 1.29 is 0 Å². The van der Waals surface area contributed by atoms with E-state index in [1.165, 1.54) is 37.2 Å². The molecule has 19 heavy (non-hydrogen) atoms. The lowest BCUT2D eigenvalue weighted by Gasteiger charge is -2.34. The van der Waals surface area contributed by atoms with Gasteiger partial charge in [-0.1, -0.05) is 37.3 Å². The molecule has 1 aliphatic heterocycles. The van der Waals surface area contributed by atoms with E-state index in [2.05, 4.69) is 28.3 Å². The quantitative estimate of drug-likeness (QED) is 0.847. The number of piperidine rings is 1. The molecule has 1 saturated heterocycles. The summed E-state index contributed by atoms with van der Waals surface area (Å²) in [5.74, 6) is 0.862. The average molecular weight is 273 g/mol. The Kier molecular flexibility index (Phi) is 3.78. The summed E-state index contributed by atoms with van der Waals surface area (Å²) in [5.41, 5.74) is 1.11. The van der Waals surface area contributed by atoms with Gasteiger partial charge in [-0.3, -0.25) is 0 Å². The van der Waals surface area contributed by atoms with Gasteiger partial charge in [0.25, 0.3) is 0 Å². The van der Waals surface area contributed by atoms with E-state index in [4.69, 9.17) is 4.98 Å². The van der Waals surface area contributed by atoms with Gasteiger partial charge in [-0.2, -0.15) is 9.36 Å². The van der Waals surface area contributed by atoms with Crippen LogP contribution >= 0.6 is 11.5 Å². The highest BCUT2D eigenvalue weighted by Crippen LogP contribution is 2.30. The van der Waals surface area contributed by atoms with Gasteiger partial charge in [-0.15, -0.1) is 0 Å². The third-order valence-electron chi connectivity index (χ3n) is 3.79. The van der Waals surface area contributed by atoms with Gasteiger partial charge in [0.1, 0.15) is 0 Å². The van der Waals surface area contributed by atoms with Crippen LogP contribution < -0.4 is 4.90 Å². The van der Waals surface area contributed by atoms with Crippen LogP contribution in [-0.2, 0) is 0 Å². The second-order valence-corrected chi connectivity index (χ2v) is 5.75. The maximum Gasteiger partial charge on any atom is 0.205 e. The third kappa shape index (κ3) is 2.63. The third-order valence-corrected chi connectivity index (χ3v) is 4.54. The van der Waals surface area contributed by atoms with Crippen molar-refractivity contribution >= 4 is 16.7 Å². The van der Waals surface area contributed by atoms with Crippen LogP contribution in [0.3, 0.4) is 0 Å². The molecule has 100 valence electrons. The lowest BCUT2D eigenvalue weighted by atomic mass is 10.0. The summed E-state index contributed by atoms with van der Waals surface area (Å²) in [6, 6.07) is 10.9. The number of rotatable bonds is 3. The van der Waals surface area contributed by atoms with E-state index in [1.54, 1.807) is 0 Å². The molecule has 1 aliphatic rings. The molecule has 1 fully saturated rings. The number of nitrogens with zero attached hydrogens (tertiary/aromatic N) is 3. The Morgan fingerprint density at radius 1 is 1.26 bits per heavy atom.